The Morgan fingerprint density at radius 1 is 1.17 bits per heavy atom. The molecule has 0 unspecified atom stereocenters. The molecule has 188 valence electrons. The number of nitrogens with one attached hydrogen (secondary N) is 2. The van der Waals surface area contributed by atoms with E-state index in [0.717, 1.165) is 11.8 Å². The molecule has 0 fully saturated rings. The summed E-state index contributed by atoms with van der Waals surface area (Å²) in [6.45, 7) is 7.79. The van der Waals surface area contributed by atoms with Gasteiger partial charge in [0.2, 0.25) is 15.9 Å². The molecule has 10 heteroatoms. The number of guanidine groups is 1. The number of sulfonamides is 1. The molecular formula is C25H33N5O4S. The van der Waals surface area contributed by atoms with Crippen molar-refractivity contribution in [3.05, 3.63) is 65.2 Å². The molecule has 0 aromatic heterocycles. The van der Waals surface area contributed by atoms with E-state index in [1.807, 2.05) is 58.0 Å². The third kappa shape index (κ3) is 6.60. The number of carbonyl (C=O) groups excluding carboxylic acids is 2. The molecule has 0 saturated carbocycles. The lowest BCUT2D eigenvalue weighted by Crippen LogP contribution is -2.51. The van der Waals surface area contributed by atoms with Crippen molar-refractivity contribution in [2.45, 2.75) is 52.2 Å². The molecule has 9 nitrogen and oxygen atoms in total. The Morgan fingerprint density at radius 3 is 2.40 bits per heavy atom. The zero-order chi connectivity index (χ0) is 26.0. The van der Waals surface area contributed by atoms with E-state index in [-0.39, 0.29) is 54.0 Å². The van der Waals surface area contributed by atoms with Crippen molar-refractivity contribution in [3.8, 4) is 0 Å². The lowest BCUT2D eigenvalue weighted by atomic mass is 9.84. The maximum Gasteiger partial charge on any atom is 0.251 e. The average molecular weight is 500 g/mol. The van der Waals surface area contributed by atoms with Gasteiger partial charge in [-0.2, -0.15) is 0 Å². The largest absolute Gasteiger partial charge is 0.369 e. The molecule has 2 atom stereocenters. The predicted octanol–water partition coefficient (Wildman–Crippen LogP) is 3.01. The summed E-state index contributed by atoms with van der Waals surface area (Å²) in [6.07, 6.45) is 1.23. The summed E-state index contributed by atoms with van der Waals surface area (Å²) in [4.78, 5) is 31.9. The second-order valence-electron chi connectivity index (χ2n) is 9.54. The van der Waals surface area contributed by atoms with Crippen LogP contribution in [0.5, 0.6) is 0 Å². The van der Waals surface area contributed by atoms with E-state index < -0.39 is 15.6 Å². The van der Waals surface area contributed by atoms with Crippen molar-refractivity contribution in [2.24, 2.45) is 16.6 Å². The standard InChI is InChI=1S/C25H33N5O4S/c1-16(2)25(4)14-22(31)30(24(26)28-25)15-18-11-20(13-21(12-18)29-35(5,33)34)23(32)27-17(3)19-9-7-6-8-10-19/h6-13,16-17,29H,14-15H2,1-5H3,(H2,26,28)(H,27,32)/t17-,25-/m0/s1. The Labute approximate surface area is 206 Å². The molecule has 2 amide bonds. The fourth-order valence-corrected chi connectivity index (χ4v) is 4.41. The summed E-state index contributed by atoms with van der Waals surface area (Å²) in [5, 5.41) is 2.93. The number of amides is 2. The van der Waals surface area contributed by atoms with E-state index in [4.69, 9.17) is 5.73 Å². The Hall–Kier alpha value is -3.40. The van der Waals surface area contributed by atoms with Gasteiger partial charge in [-0.3, -0.25) is 19.2 Å². The number of nitrogens with two attached hydrogens (primary N) is 1. The molecule has 4 N–H and O–H groups in total. The molecule has 1 aliphatic heterocycles. The summed E-state index contributed by atoms with van der Waals surface area (Å²) in [5.74, 6) is -0.336. The van der Waals surface area contributed by atoms with Crippen molar-refractivity contribution in [1.82, 2.24) is 10.2 Å². The molecule has 35 heavy (non-hydrogen) atoms. The molecule has 2 aromatic carbocycles. The summed E-state index contributed by atoms with van der Waals surface area (Å²) < 4.78 is 26.2. The van der Waals surface area contributed by atoms with Crippen molar-refractivity contribution in [2.75, 3.05) is 11.0 Å². The number of anilines is 1. The van der Waals surface area contributed by atoms with Crippen LogP contribution >= 0.6 is 0 Å². The number of carbonyl (C=O) groups is 2. The van der Waals surface area contributed by atoms with E-state index >= 15 is 0 Å². The minimum Gasteiger partial charge on any atom is -0.369 e. The van der Waals surface area contributed by atoms with Crippen LogP contribution in [0.15, 0.2) is 53.5 Å². The van der Waals surface area contributed by atoms with Gasteiger partial charge in [-0.1, -0.05) is 44.2 Å². The van der Waals surface area contributed by atoms with Gasteiger partial charge >= 0.3 is 0 Å². The highest BCUT2D eigenvalue weighted by Crippen LogP contribution is 2.30. The molecule has 1 aliphatic rings. The summed E-state index contributed by atoms with van der Waals surface area (Å²) in [5.41, 5.74) is 7.52. The highest BCUT2D eigenvalue weighted by molar-refractivity contribution is 7.92. The van der Waals surface area contributed by atoms with Crippen molar-refractivity contribution in [3.63, 3.8) is 0 Å². The van der Waals surface area contributed by atoms with Crippen LogP contribution in [0.2, 0.25) is 0 Å². The molecule has 1 heterocycles. The number of aliphatic imine (C=N–C) groups is 1. The zero-order valence-electron chi connectivity index (χ0n) is 20.7. The van der Waals surface area contributed by atoms with Gasteiger partial charge in [0.15, 0.2) is 5.96 Å². The van der Waals surface area contributed by atoms with Gasteiger partial charge in [-0.05, 0) is 49.1 Å². The quantitative estimate of drug-likeness (QED) is 0.513. The average Bonchev–Trinajstić information content (AvgIpc) is 2.75. The van der Waals surface area contributed by atoms with Gasteiger partial charge in [0.1, 0.15) is 0 Å². The van der Waals surface area contributed by atoms with E-state index in [9.17, 15) is 18.0 Å². The van der Waals surface area contributed by atoms with Crippen LogP contribution in [-0.4, -0.2) is 42.9 Å². The van der Waals surface area contributed by atoms with Crippen LogP contribution in [0.4, 0.5) is 5.69 Å². The van der Waals surface area contributed by atoms with Crippen molar-refractivity contribution in [1.29, 1.82) is 0 Å². The van der Waals surface area contributed by atoms with Gasteiger partial charge < -0.3 is 11.1 Å². The van der Waals surface area contributed by atoms with Gasteiger partial charge in [-0.25, -0.2) is 13.4 Å². The molecule has 2 aromatic rings. The second-order valence-corrected chi connectivity index (χ2v) is 11.3. The minimum absolute atomic E-state index is 0.0517. The lowest BCUT2D eigenvalue weighted by Gasteiger charge is -2.37. The predicted molar refractivity (Wildman–Crippen MR) is 137 cm³/mol. The van der Waals surface area contributed by atoms with Crippen LogP contribution < -0.4 is 15.8 Å². The molecular weight excluding hydrogens is 466 g/mol. The second kappa shape index (κ2) is 10.1. The van der Waals surface area contributed by atoms with Crippen molar-refractivity contribution >= 4 is 33.5 Å². The first-order chi connectivity index (χ1) is 16.3. The number of rotatable bonds is 8. The third-order valence-electron chi connectivity index (χ3n) is 6.25. The fraction of sp³-hybridized carbons (Fsp3) is 0.400. The number of hydrogen-bond donors (Lipinski definition) is 3. The normalized spacial score (nSPS) is 19.3. The van der Waals surface area contributed by atoms with Gasteiger partial charge in [-0.15, -0.1) is 0 Å². The maximum atomic E-state index is 13.1. The first kappa shape index (κ1) is 26.2. The fourth-order valence-electron chi connectivity index (χ4n) is 3.87. The Bertz CT molecular complexity index is 1240. The highest BCUT2D eigenvalue weighted by Gasteiger charge is 2.38. The van der Waals surface area contributed by atoms with E-state index in [2.05, 4.69) is 15.0 Å². The van der Waals surface area contributed by atoms with Crippen LogP contribution in [0, 0.1) is 5.92 Å². The molecule has 0 bridgehead atoms. The Kier molecular flexibility index (Phi) is 7.54. The van der Waals surface area contributed by atoms with Crippen LogP contribution in [0.25, 0.3) is 0 Å². The SMILES string of the molecule is CC(C)[C@]1(C)CC(=O)N(Cc2cc(NS(C)(=O)=O)cc(C(=O)N[C@@H](C)c3ccccc3)c2)C(N)=N1. The van der Waals surface area contributed by atoms with Crippen LogP contribution in [0.1, 0.15) is 61.6 Å². The summed E-state index contributed by atoms with van der Waals surface area (Å²) in [6, 6.07) is 13.9. The van der Waals surface area contributed by atoms with E-state index in [0.29, 0.717) is 5.56 Å². The van der Waals surface area contributed by atoms with Gasteiger partial charge in [0.05, 0.1) is 30.8 Å². The Balaban J connectivity index is 1.91. The first-order valence-corrected chi connectivity index (χ1v) is 13.3. The summed E-state index contributed by atoms with van der Waals surface area (Å²) >= 11 is 0. The van der Waals surface area contributed by atoms with Crippen molar-refractivity contribution < 1.29 is 18.0 Å². The monoisotopic (exact) mass is 499 g/mol. The summed E-state index contributed by atoms with van der Waals surface area (Å²) in [7, 11) is -3.59. The zero-order valence-corrected chi connectivity index (χ0v) is 21.5. The maximum absolute atomic E-state index is 13.1. The number of hydrogen-bond acceptors (Lipinski definition) is 6. The van der Waals surface area contributed by atoms with Gasteiger partial charge in [0.25, 0.3) is 5.91 Å². The molecule has 0 saturated heterocycles. The first-order valence-electron chi connectivity index (χ1n) is 11.4. The van der Waals surface area contributed by atoms with E-state index in [1.165, 1.54) is 11.0 Å². The smallest absolute Gasteiger partial charge is 0.251 e. The highest BCUT2D eigenvalue weighted by atomic mass is 32.2. The number of nitrogens with zero attached hydrogens (tertiary/aromatic N) is 2. The minimum atomic E-state index is -3.59. The Morgan fingerprint density at radius 2 is 1.83 bits per heavy atom. The molecule has 3 rings (SSSR count). The van der Waals surface area contributed by atoms with E-state index in [1.54, 1.807) is 12.1 Å². The van der Waals surface area contributed by atoms with Crippen LogP contribution in [0.3, 0.4) is 0 Å². The number of benzene rings is 2. The topological polar surface area (TPSA) is 134 Å². The third-order valence-corrected chi connectivity index (χ3v) is 6.85. The molecule has 0 spiro atoms. The van der Waals surface area contributed by atoms with Crippen LogP contribution in [-0.2, 0) is 21.4 Å². The molecule has 0 aliphatic carbocycles. The van der Waals surface area contributed by atoms with Gasteiger partial charge in [0, 0.05) is 11.3 Å². The molecule has 0 radical (unpaired) electrons. The lowest BCUT2D eigenvalue weighted by molar-refractivity contribution is -0.130.